The van der Waals surface area contributed by atoms with Gasteiger partial charge in [0.2, 0.25) is 0 Å². The maximum Gasteiger partial charge on any atom is 0.306 e. The van der Waals surface area contributed by atoms with Gasteiger partial charge in [0.05, 0.1) is 0 Å². The van der Waals surface area contributed by atoms with E-state index in [1.54, 1.807) is 0 Å². The molecule has 0 heterocycles. The first-order valence-corrected chi connectivity index (χ1v) is 36.4. The van der Waals surface area contributed by atoms with Crippen LogP contribution in [-0.2, 0) is 28.6 Å². The van der Waals surface area contributed by atoms with Crippen LogP contribution in [0.3, 0.4) is 0 Å². The van der Waals surface area contributed by atoms with Crippen LogP contribution >= 0.6 is 0 Å². The number of carbonyl (C=O) groups excluding carboxylic acids is 3. The van der Waals surface area contributed by atoms with Crippen molar-refractivity contribution < 1.29 is 28.6 Å². The third kappa shape index (κ3) is 69.5. The first kappa shape index (κ1) is 79.8. The number of allylic oxidation sites excluding steroid dienone is 12. The first-order valence-electron chi connectivity index (χ1n) is 36.4. The number of carbonyl (C=O) groups is 3. The minimum atomic E-state index is -0.793. The second kappa shape index (κ2) is 71.3. The lowest BCUT2D eigenvalue weighted by molar-refractivity contribution is -0.167. The Balaban J connectivity index is 4.29. The van der Waals surface area contributed by atoms with Gasteiger partial charge >= 0.3 is 17.9 Å². The fraction of sp³-hybridized carbons (Fsp3) is 0.805. The molecule has 1 atom stereocenters. The molecule has 83 heavy (non-hydrogen) atoms. The molecule has 0 radical (unpaired) electrons. The fourth-order valence-corrected chi connectivity index (χ4v) is 10.8. The number of esters is 3. The summed E-state index contributed by atoms with van der Waals surface area (Å²) >= 11 is 0. The highest BCUT2D eigenvalue weighted by Crippen LogP contribution is 2.18. The van der Waals surface area contributed by atoms with E-state index in [0.717, 1.165) is 96.3 Å². The summed E-state index contributed by atoms with van der Waals surface area (Å²) in [5.74, 6) is -0.893. The molecule has 0 saturated heterocycles. The highest BCUT2D eigenvalue weighted by Gasteiger charge is 2.19. The maximum absolute atomic E-state index is 12.9. The summed E-state index contributed by atoms with van der Waals surface area (Å²) in [6.07, 6.45) is 93.7. The number of hydrogen-bond donors (Lipinski definition) is 0. The van der Waals surface area contributed by atoms with Gasteiger partial charge in [-0.2, -0.15) is 0 Å². The molecule has 6 nitrogen and oxygen atoms in total. The van der Waals surface area contributed by atoms with Crippen molar-refractivity contribution in [3.63, 3.8) is 0 Å². The summed E-state index contributed by atoms with van der Waals surface area (Å²) in [5.41, 5.74) is 0. The van der Waals surface area contributed by atoms with Gasteiger partial charge in [-0.05, 0) is 89.9 Å². The molecule has 0 aliphatic carbocycles. The monoisotopic (exact) mass is 1160 g/mol. The molecule has 0 spiro atoms. The van der Waals surface area contributed by atoms with E-state index in [9.17, 15) is 14.4 Å². The minimum Gasteiger partial charge on any atom is -0.462 e. The summed E-state index contributed by atoms with van der Waals surface area (Å²) in [4.78, 5) is 38.5. The molecule has 0 aromatic rings. The molecule has 482 valence electrons. The van der Waals surface area contributed by atoms with Crippen molar-refractivity contribution >= 4 is 17.9 Å². The van der Waals surface area contributed by atoms with Crippen LogP contribution in [0.15, 0.2) is 72.9 Å². The van der Waals surface area contributed by atoms with Crippen molar-refractivity contribution in [2.24, 2.45) is 0 Å². The summed E-state index contributed by atoms with van der Waals surface area (Å²) in [6.45, 7) is 6.56. The average Bonchev–Trinajstić information content (AvgIpc) is 3.49. The van der Waals surface area contributed by atoms with E-state index >= 15 is 0 Å². The summed E-state index contributed by atoms with van der Waals surface area (Å²) < 4.78 is 17.0. The van der Waals surface area contributed by atoms with Crippen molar-refractivity contribution in [2.75, 3.05) is 13.2 Å². The van der Waals surface area contributed by atoms with Crippen LogP contribution in [0.2, 0.25) is 0 Å². The van der Waals surface area contributed by atoms with Gasteiger partial charge in [-0.15, -0.1) is 0 Å². The first-order chi connectivity index (χ1) is 41.0. The Hall–Kier alpha value is -3.15. The van der Waals surface area contributed by atoms with Gasteiger partial charge in [0.1, 0.15) is 13.2 Å². The lowest BCUT2D eigenvalue weighted by atomic mass is 10.0. The van der Waals surface area contributed by atoms with Crippen LogP contribution in [-0.4, -0.2) is 37.2 Å². The standard InChI is InChI=1S/C77H138O6/c1-4-7-10-13-16-19-22-25-28-31-33-34-35-36-37-38-39-40-41-42-44-46-49-52-55-58-61-64-67-70-76(79)82-73-74(72-81-75(78)69-66-63-60-57-54-51-48-45-30-27-24-21-18-15-12-9-6-3)83-77(80)71-68-65-62-59-56-53-50-47-43-32-29-26-23-20-17-14-11-8-5-2/h8,11,17,20,26,29,31,33,43,47,53,56,74H,4-7,9-10,12-16,18-19,21-25,27-28,30,32,34-42,44-46,48-52,54-55,57-73H2,1-3H3/b11-8-,20-17-,29-26-,33-31-,47-43-,56-53-. The van der Waals surface area contributed by atoms with E-state index in [-0.39, 0.29) is 31.1 Å². The van der Waals surface area contributed by atoms with Crippen LogP contribution in [0.4, 0.5) is 0 Å². The lowest BCUT2D eigenvalue weighted by Crippen LogP contribution is -2.30. The molecule has 0 amide bonds. The van der Waals surface area contributed by atoms with E-state index in [1.807, 2.05) is 0 Å². The lowest BCUT2D eigenvalue weighted by Gasteiger charge is -2.18. The molecule has 1 unspecified atom stereocenters. The van der Waals surface area contributed by atoms with Gasteiger partial charge in [0.25, 0.3) is 0 Å². The molecular formula is C77H138O6. The van der Waals surface area contributed by atoms with Gasteiger partial charge in [0, 0.05) is 19.3 Å². The molecule has 6 heteroatoms. The zero-order valence-corrected chi connectivity index (χ0v) is 55.5. The highest BCUT2D eigenvalue weighted by atomic mass is 16.6. The topological polar surface area (TPSA) is 78.9 Å². The Labute approximate surface area is 516 Å². The Morgan fingerprint density at radius 2 is 0.470 bits per heavy atom. The largest absolute Gasteiger partial charge is 0.462 e. The van der Waals surface area contributed by atoms with E-state index < -0.39 is 6.10 Å². The van der Waals surface area contributed by atoms with Crippen LogP contribution in [0, 0.1) is 0 Å². The number of rotatable bonds is 67. The third-order valence-corrected chi connectivity index (χ3v) is 16.2. The molecule has 0 aromatic heterocycles. The van der Waals surface area contributed by atoms with Crippen molar-refractivity contribution in [3.8, 4) is 0 Å². The van der Waals surface area contributed by atoms with E-state index in [1.165, 1.54) is 244 Å². The van der Waals surface area contributed by atoms with Crippen molar-refractivity contribution in [1.82, 2.24) is 0 Å². The number of ether oxygens (including phenoxy) is 3. The Morgan fingerprint density at radius 3 is 0.759 bits per heavy atom. The summed E-state index contributed by atoms with van der Waals surface area (Å²) in [7, 11) is 0. The van der Waals surface area contributed by atoms with Crippen molar-refractivity contribution in [2.45, 2.75) is 386 Å². The average molecular weight is 1160 g/mol. The molecule has 0 N–H and O–H groups in total. The molecule has 0 aliphatic heterocycles. The molecule has 0 bridgehead atoms. The molecule has 0 aliphatic rings. The second-order valence-corrected chi connectivity index (χ2v) is 24.5. The van der Waals surface area contributed by atoms with Gasteiger partial charge in [0.15, 0.2) is 6.10 Å². The Kier molecular flexibility index (Phi) is 68.6. The molecule has 0 rings (SSSR count). The van der Waals surface area contributed by atoms with Gasteiger partial charge in [-0.1, -0.05) is 344 Å². The predicted octanol–water partition coefficient (Wildman–Crippen LogP) is 25.2. The minimum absolute atomic E-state index is 0.0844. The zero-order chi connectivity index (χ0) is 59.9. The van der Waals surface area contributed by atoms with Gasteiger partial charge in [-0.3, -0.25) is 14.4 Å². The van der Waals surface area contributed by atoms with Crippen LogP contribution in [0.25, 0.3) is 0 Å². The van der Waals surface area contributed by atoms with E-state index in [4.69, 9.17) is 14.2 Å². The van der Waals surface area contributed by atoms with Crippen molar-refractivity contribution in [3.05, 3.63) is 72.9 Å². The molecule has 0 fully saturated rings. The summed E-state index contributed by atoms with van der Waals surface area (Å²) in [5, 5.41) is 0. The summed E-state index contributed by atoms with van der Waals surface area (Å²) in [6, 6.07) is 0. The third-order valence-electron chi connectivity index (χ3n) is 16.2. The number of unbranched alkanes of at least 4 members (excludes halogenated alkanes) is 44. The predicted molar refractivity (Wildman–Crippen MR) is 362 cm³/mol. The normalized spacial score (nSPS) is 12.5. The zero-order valence-electron chi connectivity index (χ0n) is 55.5. The highest BCUT2D eigenvalue weighted by molar-refractivity contribution is 5.71. The second-order valence-electron chi connectivity index (χ2n) is 24.5. The SMILES string of the molecule is CC/C=C\C/C=C\C/C=C\C/C=C\C/C=C\CCCCCC(=O)OC(COC(=O)CCCCCCCCCCCCCCCCCCC)COC(=O)CCCCCCCCCCCCCCCCCCC/C=C\CCCCCCCCCC. The molecule has 0 aromatic carbocycles. The fourth-order valence-electron chi connectivity index (χ4n) is 10.8. The molecule has 0 saturated carbocycles. The quantitative estimate of drug-likeness (QED) is 0.0261. The smallest absolute Gasteiger partial charge is 0.306 e. The van der Waals surface area contributed by atoms with Crippen LogP contribution in [0.1, 0.15) is 380 Å². The molecular weight excluding hydrogens is 1020 g/mol. The van der Waals surface area contributed by atoms with Gasteiger partial charge < -0.3 is 14.2 Å². The number of hydrogen-bond acceptors (Lipinski definition) is 6. The van der Waals surface area contributed by atoms with E-state index in [0.29, 0.717) is 19.3 Å². The Morgan fingerprint density at radius 1 is 0.253 bits per heavy atom. The van der Waals surface area contributed by atoms with Crippen molar-refractivity contribution in [1.29, 1.82) is 0 Å². The van der Waals surface area contributed by atoms with Gasteiger partial charge in [-0.25, -0.2) is 0 Å². The van der Waals surface area contributed by atoms with Crippen LogP contribution < -0.4 is 0 Å². The maximum atomic E-state index is 12.9. The Bertz CT molecular complexity index is 1520. The van der Waals surface area contributed by atoms with E-state index in [2.05, 4.69) is 93.7 Å². The van der Waals surface area contributed by atoms with Crippen LogP contribution in [0.5, 0.6) is 0 Å².